The van der Waals surface area contributed by atoms with Crippen LogP contribution in [-0.2, 0) is 11.8 Å². The van der Waals surface area contributed by atoms with Crippen LogP contribution in [0.4, 0.5) is 13.2 Å². The third kappa shape index (κ3) is 5.04. The molecule has 0 radical (unpaired) electrons. The van der Waals surface area contributed by atoms with Crippen LogP contribution in [-0.4, -0.2) is 32.6 Å². The number of benzene rings is 1. The van der Waals surface area contributed by atoms with Gasteiger partial charge in [0.15, 0.2) is 5.82 Å². The summed E-state index contributed by atoms with van der Waals surface area (Å²) in [6.45, 7) is 2.08. The largest absolute Gasteiger partial charge is 0.490 e. The number of aliphatic carboxylic acids is 1. The molecule has 142 valence electrons. The molecule has 2 heterocycles. The topological polar surface area (TPSA) is 72.2 Å². The van der Waals surface area contributed by atoms with Crippen LogP contribution < -0.4 is 0 Å². The van der Waals surface area contributed by atoms with E-state index in [4.69, 9.17) is 9.90 Å². The lowest BCUT2D eigenvalue weighted by Crippen LogP contribution is -2.21. The molecular weight excluding hydrogens is 381 g/mol. The van der Waals surface area contributed by atoms with Gasteiger partial charge in [-0.2, -0.15) is 13.2 Å². The molecule has 0 aliphatic rings. The molecule has 1 N–H and O–H groups in total. The minimum absolute atomic E-state index is 0.0476. The van der Waals surface area contributed by atoms with Crippen molar-refractivity contribution in [2.45, 2.75) is 13.1 Å². The van der Waals surface area contributed by atoms with Gasteiger partial charge < -0.3 is 9.67 Å². The summed E-state index contributed by atoms with van der Waals surface area (Å²) in [5, 5.41) is 9.19. The van der Waals surface area contributed by atoms with E-state index in [0.717, 1.165) is 5.56 Å². The van der Waals surface area contributed by atoms with Crippen LogP contribution in [0.5, 0.6) is 0 Å². The van der Waals surface area contributed by atoms with Crippen LogP contribution in [0, 0.1) is 6.92 Å². The zero-order chi connectivity index (χ0) is 20.2. The zero-order valence-corrected chi connectivity index (χ0v) is 15.1. The molecule has 0 fully saturated rings. The molecule has 0 saturated carbocycles. The van der Waals surface area contributed by atoms with Gasteiger partial charge in [0.25, 0.3) is 0 Å². The maximum absolute atomic E-state index is 12.5. The van der Waals surface area contributed by atoms with E-state index >= 15 is 0 Å². The second-order valence-corrected chi connectivity index (χ2v) is 6.42. The maximum atomic E-state index is 12.5. The lowest BCUT2D eigenvalue weighted by atomic mass is 10.0. The molecule has 5 nitrogen and oxygen atoms in total. The second-order valence-electron chi connectivity index (χ2n) is 5.51. The van der Waals surface area contributed by atoms with Crippen molar-refractivity contribution in [3.05, 3.63) is 65.1 Å². The zero-order valence-electron chi connectivity index (χ0n) is 14.3. The smallest absolute Gasteiger partial charge is 0.475 e. The van der Waals surface area contributed by atoms with Crippen molar-refractivity contribution in [1.82, 2.24) is 9.55 Å². The molecule has 0 spiro atoms. The molecule has 0 bridgehead atoms. The minimum Gasteiger partial charge on any atom is -0.475 e. The summed E-state index contributed by atoms with van der Waals surface area (Å²) in [6.07, 6.45) is -1.67. The van der Waals surface area contributed by atoms with Gasteiger partial charge in [0, 0.05) is 29.9 Å². The van der Waals surface area contributed by atoms with Crippen LogP contribution in [0.25, 0.3) is 10.4 Å². The molecule has 27 heavy (non-hydrogen) atoms. The van der Waals surface area contributed by atoms with Crippen molar-refractivity contribution in [2.75, 3.05) is 0 Å². The number of rotatable bonds is 3. The van der Waals surface area contributed by atoms with E-state index in [9.17, 15) is 18.0 Å². The standard InChI is InChI=1S/C16H14N2OS.C2HF3O2/c1-11-6-9-20-15(11)13-5-3-4-12(10-13)14(19)16-17-7-8-18(16)2;3-2(4,5)1(6)7/h3-10H,1-2H3;(H,6,7). The minimum atomic E-state index is -5.08. The lowest BCUT2D eigenvalue weighted by molar-refractivity contribution is -0.192. The van der Waals surface area contributed by atoms with Crippen LogP contribution in [0.2, 0.25) is 0 Å². The van der Waals surface area contributed by atoms with E-state index in [-0.39, 0.29) is 5.78 Å². The Kier molecular flexibility index (Phi) is 6.17. The summed E-state index contributed by atoms with van der Waals surface area (Å²) >= 11 is 1.69. The average molecular weight is 396 g/mol. The first kappa shape index (κ1) is 20.4. The van der Waals surface area contributed by atoms with E-state index in [1.54, 1.807) is 28.3 Å². The van der Waals surface area contributed by atoms with Gasteiger partial charge in [-0.05, 0) is 35.6 Å². The van der Waals surface area contributed by atoms with E-state index in [1.807, 2.05) is 31.3 Å². The predicted molar refractivity (Wildman–Crippen MR) is 94.8 cm³/mol. The quantitative estimate of drug-likeness (QED) is 0.669. The number of imidazole rings is 1. The SMILES string of the molecule is Cc1ccsc1-c1cccc(C(=O)c2nccn2C)c1.O=C(O)C(F)(F)F. The molecule has 0 aliphatic heterocycles. The Morgan fingerprint density at radius 1 is 1.22 bits per heavy atom. The van der Waals surface area contributed by atoms with Crippen molar-refractivity contribution in [1.29, 1.82) is 0 Å². The van der Waals surface area contributed by atoms with Gasteiger partial charge in [0.1, 0.15) is 0 Å². The first-order valence-electron chi connectivity index (χ1n) is 7.58. The number of ketones is 1. The Morgan fingerprint density at radius 2 is 1.89 bits per heavy atom. The van der Waals surface area contributed by atoms with Crippen LogP contribution in [0.1, 0.15) is 21.7 Å². The third-order valence-electron chi connectivity index (χ3n) is 3.52. The second kappa shape index (κ2) is 8.17. The number of aryl methyl sites for hydroxylation is 2. The summed E-state index contributed by atoms with van der Waals surface area (Å²) in [7, 11) is 1.83. The number of carbonyl (C=O) groups is 2. The molecule has 0 amide bonds. The molecule has 3 rings (SSSR count). The number of carbonyl (C=O) groups excluding carboxylic acids is 1. The Morgan fingerprint density at radius 3 is 2.37 bits per heavy atom. The lowest BCUT2D eigenvalue weighted by Gasteiger charge is -2.05. The summed E-state index contributed by atoms with van der Waals surface area (Å²) in [5.74, 6) is -2.34. The number of carboxylic acids is 1. The number of alkyl halides is 3. The molecular formula is C18H15F3N2O3S. The highest BCUT2D eigenvalue weighted by atomic mass is 32.1. The van der Waals surface area contributed by atoms with Crippen molar-refractivity contribution in [2.24, 2.45) is 7.05 Å². The highest BCUT2D eigenvalue weighted by Gasteiger charge is 2.38. The fraction of sp³-hybridized carbons (Fsp3) is 0.167. The number of hydrogen-bond donors (Lipinski definition) is 1. The van der Waals surface area contributed by atoms with Crippen LogP contribution in [0.3, 0.4) is 0 Å². The van der Waals surface area contributed by atoms with Crippen LogP contribution >= 0.6 is 11.3 Å². The van der Waals surface area contributed by atoms with E-state index in [2.05, 4.69) is 23.4 Å². The van der Waals surface area contributed by atoms with E-state index in [0.29, 0.717) is 11.4 Å². The molecule has 9 heteroatoms. The molecule has 0 aliphatic carbocycles. The highest BCUT2D eigenvalue weighted by Crippen LogP contribution is 2.29. The summed E-state index contributed by atoms with van der Waals surface area (Å²) < 4.78 is 33.5. The Balaban J connectivity index is 0.000000321. The fourth-order valence-electron chi connectivity index (χ4n) is 2.18. The highest BCUT2D eigenvalue weighted by molar-refractivity contribution is 7.13. The Bertz CT molecular complexity index is 961. The number of hydrogen-bond acceptors (Lipinski definition) is 4. The molecule has 1 aromatic carbocycles. The molecule has 0 saturated heterocycles. The first-order chi connectivity index (χ1) is 12.6. The van der Waals surface area contributed by atoms with Gasteiger partial charge in [-0.3, -0.25) is 4.79 Å². The van der Waals surface area contributed by atoms with Crippen molar-refractivity contribution >= 4 is 23.1 Å². The van der Waals surface area contributed by atoms with Crippen molar-refractivity contribution < 1.29 is 27.9 Å². The number of halogens is 3. The summed E-state index contributed by atoms with van der Waals surface area (Å²) in [6, 6.07) is 9.82. The Labute approximate surface area is 156 Å². The maximum Gasteiger partial charge on any atom is 0.490 e. The normalized spacial score (nSPS) is 10.9. The molecule has 2 aromatic heterocycles. The molecule has 0 unspecified atom stereocenters. The third-order valence-corrected chi connectivity index (χ3v) is 4.58. The summed E-state index contributed by atoms with van der Waals surface area (Å²) in [5.41, 5.74) is 2.98. The summed E-state index contributed by atoms with van der Waals surface area (Å²) in [4.78, 5) is 26.7. The average Bonchev–Trinajstić information content (AvgIpc) is 3.22. The van der Waals surface area contributed by atoms with Gasteiger partial charge >= 0.3 is 12.1 Å². The van der Waals surface area contributed by atoms with Gasteiger partial charge in [-0.1, -0.05) is 18.2 Å². The molecule has 3 aromatic rings. The number of aromatic nitrogens is 2. The first-order valence-corrected chi connectivity index (χ1v) is 8.46. The van der Waals surface area contributed by atoms with E-state index in [1.165, 1.54) is 10.4 Å². The monoisotopic (exact) mass is 396 g/mol. The Hall–Kier alpha value is -2.94. The molecule has 0 atom stereocenters. The van der Waals surface area contributed by atoms with Crippen molar-refractivity contribution in [3.63, 3.8) is 0 Å². The number of thiophene rings is 1. The number of nitrogens with zero attached hydrogens (tertiary/aromatic N) is 2. The predicted octanol–water partition coefficient (Wildman–Crippen LogP) is 4.32. The fourth-order valence-corrected chi connectivity index (χ4v) is 3.11. The van der Waals surface area contributed by atoms with Gasteiger partial charge in [-0.15, -0.1) is 11.3 Å². The van der Waals surface area contributed by atoms with Gasteiger partial charge in [-0.25, -0.2) is 9.78 Å². The number of carboxylic acid groups (broad SMARTS) is 1. The van der Waals surface area contributed by atoms with Gasteiger partial charge in [0.05, 0.1) is 0 Å². The van der Waals surface area contributed by atoms with E-state index < -0.39 is 12.1 Å². The van der Waals surface area contributed by atoms with Crippen LogP contribution in [0.15, 0.2) is 48.1 Å². The van der Waals surface area contributed by atoms with Gasteiger partial charge in [0.2, 0.25) is 5.78 Å². The van der Waals surface area contributed by atoms with Crippen molar-refractivity contribution in [3.8, 4) is 10.4 Å².